The number of esters is 2. The maximum absolute atomic E-state index is 12.3. The lowest BCUT2D eigenvalue weighted by atomic mass is 10.0. The van der Waals surface area contributed by atoms with Crippen LogP contribution in [0.25, 0.3) is 0 Å². The van der Waals surface area contributed by atoms with Crippen molar-refractivity contribution < 1.29 is 24.2 Å². The van der Waals surface area contributed by atoms with Gasteiger partial charge in [0.15, 0.2) is 6.10 Å². The van der Waals surface area contributed by atoms with Crippen molar-refractivity contribution in [2.45, 2.75) is 373 Å². The van der Waals surface area contributed by atoms with Crippen LogP contribution < -0.4 is 0 Å². The first-order valence-electron chi connectivity index (χ1n) is 31.1. The summed E-state index contributed by atoms with van der Waals surface area (Å²) in [5, 5.41) is 9.67. The smallest absolute Gasteiger partial charge is 0.306 e. The molecule has 0 amide bonds. The molecule has 1 atom stereocenters. The van der Waals surface area contributed by atoms with E-state index < -0.39 is 6.10 Å². The highest BCUT2D eigenvalue weighted by Crippen LogP contribution is 2.19. The average molecular weight is 948 g/mol. The second-order valence-electron chi connectivity index (χ2n) is 21.5. The molecule has 0 rings (SSSR count). The van der Waals surface area contributed by atoms with Crippen LogP contribution in [0, 0.1) is 0 Å². The molecule has 0 aromatic rings. The van der Waals surface area contributed by atoms with Gasteiger partial charge in [-0.25, -0.2) is 0 Å². The van der Waals surface area contributed by atoms with Crippen molar-refractivity contribution in [1.29, 1.82) is 0 Å². The van der Waals surface area contributed by atoms with Crippen molar-refractivity contribution in [3.8, 4) is 0 Å². The molecule has 1 unspecified atom stereocenters. The summed E-state index contributed by atoms with van der Waals surface area (Å²) in [6, 6.07) is 0. The first-order valence-corrected chi connectivity index (χ1v) is 31.1. The van der Waals surface area contributed by atoms with Crippen molar-refractivity contribution in [3.05, 3.63) is 0 Å². The molecule has 0 saturated carbocycles. The Morgan fingerprint density at radius 1 is 0.284 bits per heavy atom. The van der Waals surface area contributed by atoms with Gasteiger partial charge >= 0.3 is 11.9 Å². The lowest BCUT2D eigenvalue weighted by Crippen LogP contribution is -2.28. The minimum Gasteiger partial charge on any atom is -0.462 e. The van der Waals surface area contributed by atoms with E-state index in [1.807, 2.05) is 0 Å². The highest BCUT2D eigenvalue weighted by molar-refractivity contribution is 5.70. The van der Waals surface area contributed by atoms with E-state index in [9.17, 15) is 14.7 Å². The van der Waals surface area contributed by atoms with E-state index in [2.05, 4.69) is 13.8 Å². The molecule has 0 radical (unpaired) electrons. The Bertz CT molecular complexity index is 937. The number of aliphatic hydroxyl groups excluding tert-OH is 1. The third-order valence-electron chi connectivity index (χ3n) is 14.7. The fourth-order valence-electron chi connectivity index (χ4n) is 9.97. The van der Waals surface area contributed by atoms with Gasteiger partial charge in [-0.3, -0.25) is 9.59 Å². The fourth-order valence-corrected chi connectivity index (χ4v) is 9.97. The average Bonchev–Trinajstić information content (AvgIpc) is 3.33. The molecule has 0 bridgehead atoms. The molecule has 0 aliphatic carbocycles. The maximum atomic E-state index is 12.3. The number of rotatable bonds is 59. The Morgan fingerprint density at radius 2 is 0.463 bits per heavy atom. The van der Waals surface area contributed by atoms with Crippen LogP contribution in [0.15, 0.2) is 0 Å². The van der Waals surface area contributed by atoms with E-state index in [0.29, 0.717) is 12.8 Å². The van der Waals surface area contributed by atoms with Crippen molar-refractivity contribution in [2.75, 3.05) is 13.2 Å². The second kappa shape index (κ2) is 59.2. The predicted molar refractivity (Wildman–Crippen MR) is 293 cm³/mol. The van der Waals surface area contributed by atoms with E-state index >= 15 is 0 Å². The Labute approximate surface area is 420 Å². The molecule has 5 nitrogen and oxygen atoms in total. The van der Waals surface area contributed by atoms with Gasteiger partial charge in [0, 0.05) is 12.8 Å². The number of carbonyl (C=O) groups excluding carboxylic acids is 2. The largest absolute Gasteiger partial charge is 0.462 e. The summed E-state index contributed by atoms with van der Waals surface area (Å²) < 4.78 is 10.7. The summed E-state index contributed by atoms with van der Waals surface area (Å²) in [7, 11) is 0. The third kappa shape index (κ3) is 57.4. The normalized spacial score (nSPS) is 12.0. The molecule has 400 valence electrons. The zero-order valence-corrected chi connectivity index (χ0v) is 46.0. The Morgan fingerprint density at radius 3 is 0.657 bits per heavy atom. The highest BCUT2D eigenvalue weighted by atomic mass is 16.6. The van der Waals surface area contributed by atoms with Crippen LogP contribution in [-0.4, -0.2) is 36.4 Å². The summed E-state index contributed by atoms with van der Waals surface area (Å²) in [5.74, 6) is -0.561. The van der Waals surface area contributed by atoms with Gasteiger partial charge < -0.3 is 14.6 Å². The Hall–Kier alpha value is -1.10. The molecule has 1 N–H and O–H groups in total. The van der Waals surface area contributed by atoms with Crippen LogP contribution in [0.5, 0.6) is 0 Å². The number of carbonyl (C=O) groups is 2. The molecule has 0 aromatic carbocycles. The molecular formula is C62H122O5. The number of unbranched alkanes of at least 4 members (excludes halogenated alkanes) is 51. The van der Waals surface area contributed by atoms with Gasteiger partial charge in [-0.1, -0.05) is 341 Å². The van der Waals surface area contributed by atoms with Gasteiger partial charge in [-0.15, -0.1) is 0 Å². The van der Waals surface area contributed by atoms with E-state index in [4.69, 9.17) is 9.47 Å². The molecule has 0 aromatic heterocycles. The first kappa shape index (κ1) is 65.9. The van der Waals surface area contributed by atoms with Gasteiger partial charge in [-0.2, -0.15) is 0 Å². The van der Waals surface area contributed by atoms with Gasteiger partial charge in [0.05, 0.1) is 6.61 Å². The lowest BCUT2D eigenvalue weighted by Gasteiger charge is -2.15. The van der Waals surface area contributed by atoms with Crippen LogP contribution >= 0.6 is 0 Å². The van der Waals surface area contributed by atoms with Crippen molar-refractivity contribution in [1.82, 2.24) is 0 Å². The molecule has 0 saturated heterocycles. The van der Waals surface area contributed by atoms with Crippen LogP contribution in [0.4, 0.5) is 0 Å². The zero-order chi connectivity index (χ0) is 48.5. The molecule has 0 aliphatic heterocycles. The van der Waals surface area contributed by atoms with Gasteiger partial charge in [-0.05, 0) is 12.8 Å². The van der Waals surface area contributed by atoms with Crippen LogP contribution in [0.3, 0.4) is 0 Å². The number of hydrogen-bond acceptors (Lipinski definition) is 5. The topological polar surface area (TPSA) is 72.8 Å². The Balaban J connectivity index is 3.37. The van der Waals surface area contributed by atoms with Crippen molar-refractivity contribution >= 4 is 11.9 Å². The highest BCUT2D eigenvalue weighted by Gasteiger charge is 2.16. The van der Waals surface area contributed by atoms with Crippen LogP contribution in [0.2, 0.25) is 0 Å². The monoisotopic (exact) mass is 947 g/mol. The van der Waals surface area contributed by atoms with E-state index in [1.165, 1.54) is 308 Å². The van der Waals surface area contributed by atoms with E-state index in [0.717, 1.165) is 32.1 Å². The van der Waals surface area contributed by atoms with Crippen LogP contribution in [0.1, 0.15) is 367 Å². The molecule has 0 spiro atoms. The van der Waals surface area contributed by atoms with E-state index in [1.54, 1.807) is 0 Å². The quantitative estimate of drug-likeness (QED) is 0.0486. The number of hydrogen-bond donors (Lipinski definition) is 1. The standard InChI is InChI=1S/C62H122O5/c1-3-5-7-9-11-13-15-17-19-21-23-25-27-29-30-31-32-33-35-37-39-41-43-45-47-49-51-53-55-57-62(65)67-60(58-63)59-66-61(64)56-54-52-50-48-46-44-42-40-38-36-34-28-26-24-22-20-18-16-14-12-10-8-6-4-2/h60,63H,3-59H2,1-2H3. The first-order chi connectivity index (χ1) is 33.1. The summed E-state index contributed by atoms with van der Waals surface area (Å²) in [6.07, 6.45) is 72.5. The van der Waals surface area contributed by atoms with Crippen molar-refractivity contribution in [2.24, 2.45) is 0 Å². The third-order valence-corrected chi connectivity index (χ3v) is 14.7. The zero-order valence-electron chi connectivity index (χ0n) is 46.0. The number of aliphatic hydroxyl groups is 1. The minimum absolute atomic E-state index is 0.0555. The molecular weight excluding hydrogens is 825 g/mol. The Kier molecular flexibility index (Phi) is 58.2. The van der Waals surface area contributed by atoms with Gasteiger partial charge in [0.25, 0.3) is 0 Å². The molecule has 0 heterocycles. The molecule has 67 heavy (non-hydrogen) atoms. The second-order valence-corrected chi connectivity index (χ2v) is 21.5. The van der Waals surface area contributed by atoms with Gasteiger partial charge in [0.2, 0.25) is 0 Å². The van der Waals surface area contributed by atoms with Crippen LogP contribution in [-0.2, 0) is 19.1 Å². The minimum atomic E-state index is -0.765. The predicted octanol–water partition coefficient (Wildman–Crippen LogP) is 20.9. The lowest BCUT2D eigenvalue weighted by molar-refractivity contribution is -0.161. The maximum Gasteiger partial charge on any atom is 0.306 e. The summed E-state index contributed by atoms with van der Waals surface area (Å²) in [5.41, 5.74) is 0. The van der Waals surface area contributed by atoms with Crippen molar-refractivity contribution in [3.63, 3.8) is 0 Å². The number of ether oxygens (including phenoxy) is 2. The van der Waals surface area contributed by atoms with Gasteiger partial charge in [0.1, 0.15) is 6.61 Å². The molecule has 0 fully saturated rings. The molecule has 5 heteroatoms. The summed E-state index contributed by atoms with van der Waals surface area (Å²) in [4.78, 5) is 24.6. The molecule has 0 aliphatic rings. The SMILES string of the molecule is CCCCCCCCCCCCCCCCCCCCCCCCCCCCCCCC(=O)OC(CO)COC(=O)CCCCCCCCCCCCCCCCCCCCCCCCCC. The summed E-state index contributed by atoms with van der Waals surface area (Å²) >= 11 is 0. The van der Waals surface area contributed by atoms with E-state index in [-0.39, 0.29) is 25.2 Å². The summed E-state index contributed by atoms with van der Waals surface area (Å²) in [6.45, 7) is 4.22. The fraction of sp³-hybridized carbons (Fsp3) is 0.968.